The molecule has 30 heavy (non-hydrogen) atoms. The van der Waals surface area contributed by atoms with Crippen LogP contribution in [0.1, 0.15) is 19.4 Å². The molecule has 3 rings (SSSR count). The number of aliphatic carboxylic acids is 1. The van der Waals surface area contributed by atoms with E-state index in [1.54, 1.807) is 31.2 Å². The minimum Gasteiger partial charge on any atom is -0.490 e. The van der Waals surface area contributed by atoms with Crippen molar-refractivity contribution in [3.05, 3.63) is 58.8 Å². The highest BCUT2D eigenvalue weighted by molar-refractivity contribution is 8.18. The Morgan fingerprint density at radius 1 is 1.27 bits per heavy atom. The summed E-state index contributed by atoms with van der Waals surface area (Å²) in [6.45, 7) is 3.59. The molecule has 1 heterocycles. The second-order valence-electron chi connectivity index (χ2n) is 6.20. The van der Waals surface area contributed by atoms with E-state index in [9.17, 15) is 14.0 Å². The second kappa shape index (κ2) is 9.45. The Labute approximate surface area is 176 Å². The highest BCUT2D eigenvalue weighted by atomic mass is 32.2. The lowest BCUT2D eigenvalue weighted by Gasteiger charge is -2.15. The van der Waals surface area contributed by atoms with Gasteiger partial charge in [-0.15, -0.1) is 0 Å². The Morgan fingerprint density at radius 2 is 2.00 bits per heavy atom. The summed E-state index contributed by atoms with van der Waals surface area (Å²) in [7, 11) is 0. The number of carbonyl (C=O) groups is 2. The van der Waals surface area contributed by atoms with Crippen LogP contribution in [0.5, 0.6) is 11.5 Å². The first-order valence-corrected chi connectivity index (χ1v) is 9.89. The van der Waals surface area contributed by atoms with Gasteiger partial charge in [-0.25, -0.2) is 14.2 Å². The lowest BCUT2D eigenvalue weighted by atomic mass is 10.2. The monoisotopic (exact) mass is 430 g/mol. The quantitative estimate of drug-likeness (QED) is 0.645. The van der Waals surface area contributed by atoms with E-state index in [-0.39, 0.29) is 11.7 Å². The number of carboxylic acid groups (broad SMARTS) is 1. The number of thioether (sulfide) groups is 1. The molecule has 2 aromatic carbocycles. The van der Waals surface area contributed by atoms with Crippen LogP contribution < -0.4 is 14.8 Å². The molecular weight excluding hydrogens is 411 g/mol. The topological polar surface area (TPSA) is 97.2 Å². The Balaban J connectivity index is 1.81. The second-order valence-corrected chi connectivity index (χ2v) is 7.23. The summed E-state index contributed by atoms with van der Waals surface area (Å²) in [4.78, 5) is 28.0. The number of hydrogen-bond acceptors (Lipinski definition) is 6. The van der Waals surface area contributed by atoms with E-state index in [0.29, 0.717) is 39.4 Å². The number of halogens is 1. The molecule has 0 saturated carbocycles. The zero-order chi connectivity index (χ0) is 21.7. The lowest BCUT2D eigenvalue weighted by molar-refractivity contribution is -0.144. The van der Waals surface area contributed by atoms with Crippen molar-refractivity contribution in [2.24, 2.45) is 4.99 Å². The van der Waals surface area contributed by atoms with Crippen molar-refractivity contribution in [1.82, 2.24) is 5.32 Å². The van der Waals surface area contributed by atoms with Crippen LogP contribution in [-0.2, 0) is 9.59 Å². The Morgan fingerprint density at radius 3 is 2.67 bits per heavy atom. The van der Waals surface area contributed by atoms with Gasteiger partial charge in [0.25, 0.3) is 5.91 Å². The average Bonchev–Trinajstić information content (AvgIpc) is 3.04. The smallest absolute Gasteiger partial charge is 0.344 e. The van der Waals surface area contributed by atoms with Gasteiger partial charge in [-0.1, -0.05) is 6.07 Å². The van der Waals surface area contributed by atoms with Crippen molar-refractivity contribution in [2.75, 3.05) is 6.61 Å². The first-order chi connectivity index (χ1) is 14.4. The number of ether oxygens (including phenoxy) is 2. The fraction of sp³-hybridized carbons (Fsp3) is 0.190. The zero-order valence-corrected chi connectivity index (χ0v) is 17.0. The fourth-order valence-electron chi connectivity index (χ4n) is 2.49. The molecule has 0 bridgehead atoms. The van der Waals surface area contributed by atoms with E-state index in [2.05, 4.69) is 10.3 Å². The van der Waals surface area contributed by atoms with Gasteiger partial charge >= 0.3 is 5.97 Å². The number of hydrogen-bond donors (Lipinski definition) is 2. The third-order valence-electron chi connectivity index (χ3n) is 3.93. The summed E-state index contributed by atoms with van der Waals surface area (Å²) in [5.74, 6) is -1.08. The molecule has 0 spiro atoms. The van der Waals surface area contributed by atoms with Gasteiger partial charge in [0.15, 0.2) is 22.8 Å². The van der Waals surface area contributed by atoms with Crippen LogP contribution in [0.3, 0.4) is 0 Å². The van der Waals surface area contributed by atoms with E-state index in [1.807, 2.05) is 0 Å². The number of nitrogens with one attached hydrogen (secondary N) is 1. The van der Waals surface area contributed by atoms with E-state index < -0.39 is 12.1 Å². The summed E-state index contributed by atoms with van der Waals surface area (Å²) in [5, 5.41) is 12.1. The average molecular weight is 430 g/mol. The zero-order valence-electron chi connectivity index (χ0n) is 16.2. The molecular formula is C21H19FN2O5S. The molecule has 1 aliphatic heterocycles. The van der Waals surface area contributed by atoms with Gasteiger partial charge in [0.1, 0.15) is 5.82 Å². The highest BCUT2D eigenvalue weighted by Gasteiger charge is 2.24. The summed E-state index contributed by atoms with van der Waals surface area (Å²) in [6, 6.07) is 10.6. The standard InChI is InChI=1S/C21H19FN2O5S/c1-3-28-17-10-13(4-9-16(17)29-12(2)20(26)27)11-18-19(25)24-21(30-18)23-15-7-5-14(22)6-8-15/h4-12H,3H2,1-2H3,(H,26,27)(H,23,24,25)/b18-11+. The first-order valence-electron chi connectivity index (χ1n) is 9.07. The van der Waals surface area contributed by atoms with Crippen LogP contribution in [0, 0.1) is 5.82 Å². The van der Waals surface area contributed by atoms with Gasteiger partial charge in [0.05, 0.1) is 17.2 Å². The van der Waals surface area contributed by atoms with E-state index in [1.165, 1.54) is 31.2 Å². The minimum atomic E-state index is -1.09. The van der Waals surface area contributed by atoms with Gasteiger partial charge in [-0.3, -0.25) is 4.79 Å². The number of amidine groups is 1. The molecule has 1 fully saturated rings. The maximum Gasteiger partial charge on any atom is 0.344 e. The molecule has 1 saturated heterocycles. The van der Waals surface area contributed by atoms with Gasteiger partial charge in [0, 0.05) is 0 Å². The van der Waals surface area contributed by atoms with Gasteiger partial charge in [-0.2, -0.15) is 0 Å². The number of rotatable bonds is 7. The lowest BCUT2D eigenvalue weighted by Crippen LogP contribution is -2.23. The summed E-state index contributed by atoms with van der Waals surface area (Å²) < 4.78 is 24.0. The number of amides is 1. The molecule has 0 aromatic heterocycles. The predicted octanol–water partition coefficient (Wildman–Crippen LogP) is 3.97. The number of benzene rings is 2. The predicted molar refractivity (Wildman–Crippen MR) is 113 cm³/mol. The maximum atomic E-state index is 13.0. The number of carbonyl (C=O) groups excluding carboxylic acids is 1. The molecule has 7 nitrogen and oxygen atoms in total. The molecule has 2 N–H and O–H groups in total. The third kappa shape index (κ3) is 5.38. The Hall–Kier alpha value is -3.33. The first kappa shape index (κ1) is 21.4. The highest BCUT2D eigenvalue weighted by Crippen LogP contribution is 2.33. The summed E-state index contributed by atoms with van der Waals surface area (Å²) in [5.41, 5.74) is 1.20. The molecule has 0 aliphatic carbocycles. The SMILES string of the molecule is CCOc1cc(/C=C2/SC(=Nc3ccc(F)cc3)NC2=O)ccc1OC(C)C(=O)O. The van der Waals surface area contributed by atoms with Crippen molar-refractivity contribution in [3.8, 4) is 11.5 Å². The number of aliphatic imine (C=N–C) groups is 1. The van der Waals surface area contributed by atoms with Crippen molar-refractivity contribution < 1.29 is 28.6 Å². The molecule has 156 valence electrons. The van der Waals surface area contributed by atoms with Crippen molar-refractivity contribution >= 4 is 40.6 Å². The van der Waals surface area contributed by atoms with Crippen LogP contribution in [-0.4, -0.2) is 34.9 Å². The van der Waals surface area contributed by atoms with Gasteiger partial charge in [-0.05, 0) is 73.6 Å². The van der Waals surface area contributed by atoms with E-state index in [0.717, 1.165) is 11.8 Å². The fourth-order valence-corrected chi connectivity index (χ4v) is 3.33. The van der Waals surface area contributed by atoms with Crippen molar-refractivity contribution in [3.63, 3.8) is 0 Å². The normalized spacial score (nSPS) is 17.1. The van der Waals surface area contributed by atoms with Crippen LogP contribution in [0.25, 0.3) is 6.08 Å². The van der Waals surface area contributed by atoms with Crippen LogP contribution >= 0.6 is 11.8 Å². The van der Waals surface area contributed by atoms with Gasteiger partial charge < -0.3 is 19.9 Å². The van der Waals surface area contributed by atoms with E-state index >= 15 is 0 Å². The largest absolute Gasteiger partial charge is 0.490 e. The molecule has 9 heteroatoms. The summed E-state index contributed by atoms with van der Waals surface area (Å²) >= 11 is 1.16. The van der Waals surface area contributed by atoms with Crippen LogP contribution in [0.4, 0.5) is 10.1 Å². The molecule has 1 amide bonds. The van der Waals surface area contributed by atoms with Crippen molar-refractivity contribution in [2.45, 2.75) is 20.0 Å². The van der Waals surface area contributed by atoms with Crippen LogP contribution in [0.2, 0.25) is 0 Å². The van der Waals surface area contributed by atoms with Gasteiger partial charge in [0.2, 0.25) is 0 Å². The molecule has 2 aromatic rings. The van der Waals surface area contributed by atoms with Crippen molar-refractivity contribution in [1.29, 1.82) is 0 Å². The molecule has 1 aliphatic rings. The third-order valence-corrected chi connectivity index (χ3v) is 4.83. The molecule has 0 radical (unpaired) electrons. The Kier molecular flexibility index (Phi) is 6.73. The summed E-state index contributed by atoms with van der Waals surface area (Å²) in [6.07, 6.45) is 0.634. The number of nitrogens with zero attached hydrogens (tertiary/aromatic N) is 1. The van der Waals surface area contributed by atoms with E-state index in [4.69, 9.17) is 14.6 Å². The molecule has 1 unspecified atom stereocenters. The Bertz CT molecular complexity index is 1020. The minimum absolute atomic E-state index is 0.302. The number of carboxylic acids is 1. The molecule has 1 atom stereocenters. The maximum absolute atomic E-state index is 13.0. The van der Waals surface area contributed by atoms with Crippen LogP contribution in [0.15, 0.2) is 52.4 Å².